The second-order valence-corrected chi connectivity index (χ2v) is 7.65. The van der Waals surface area contributed by atoms with Gasteiger partial charge in [0.1, 0.15) is 6.04 Å². The first kappa shape index (κ1) is 19.5. The number of carbonyl (C=O) groups excluding carboxylic acids is 2. The normalized spacial score (nSPS) is 17.8. The minimum atomic E-state index is -0.485. The Kier molecular flexibility index (Phi) is 7.03. The van der Waals surface area contributed by atoms with Crippen LogP contribution in [0.5, 0.6) is 0 Å². The zero-order valence-electron chi connectivity index (χ0n) is 16.0. The van der Waals surface area contributed by atoms with Gasteiger partial charge in [-0.05, 0) is 43.7 Å². The summed E-state index contributed by atoms with van der Waals surface area (Å²) in [6, 6.07) is 7.49. The van der Waals surface area contributed by atoms with E-state index in [1.807, 2.05) is 52.0 Å². The van der Waals surface area contributed by atoms with Crippen LogP contribution in [-0.4, -0.2) is 17.9 Å². The molecule has 2 unspecified atom stereocenters. The molecule has 4 heteroatoms. The van der Waals surface area contributed by atoms with Crippen LogP contribution in [0.1, 0.15) is 70.0 Å². The highest BCUT2D eigenvalue weighted by Gasteiger charge is 2.29. The van der Waals surface area contributed by atoms with Gasteiger partial charge < -0.3 is 10.6 Å². The molecule has 25 heavy (non-hydrogen) atoms. The fraction of sp³-hybridized carbons (Fsp3) is 0.619. The fourth-order valence-corrected chi connectivity index (χ4v) is 3.62. The lowest BCUT2D eigenvalue weighted by Crippen LogP contribution is -2.51. The van der Waals surface area contributed by atoms with Crippen molar-refractivity contribution in [2.24, 2.45) is 11.8 Å². The van der Waals surface area contributed by atoms with Crippen molar-refractivity contribution in [1.29, 1.82) is 0 Å². The van der Waals surface area contributed by atoms with Crippen molar-refractivity contribution < 1.29 is 9.59 Å². The van der Waals surface area contributed by atoms with E-state index in [9.17, 15) is 9.59 Å². The van der Waals surface area contributed by atoms with Crippen LogP contribution in [0.25, 0.3) is 0 Å². The SMILES string of the molecule is Cc1ccccc1C(C)NC(=O)C(NC(=O)C1CCCCC1)C(C)C. The molecule has 0 spiro atoms. The summed E-state index contributed by atoms with van der Waals surface area (Å²) in [7, 11) is 0. The average Bonchev–Trinajstić information content (AvgIpc) is 2.60. The molecular formula is C21H32N2O2. The first-order chi connectivity index (χ1) is 11.9. The van der Waals surface area contributed by atoms with E-state index in [0.717, 1.165) is 36.8 Å². The van der Waals surface area contributed by atoms with Crippen molar-refractivity contribution in [2.75, 3.05) is 0 Å². The van der Waals surface area contributed by atoms with E-state index in [0.29, 0.717) is 0 Å². The van der Waals surface area contributed by atoms with Gasteiger partial charge in [0.25, 0.3) is 0 Å². The Morgan fingerprint density at radius 3 is 2.24 bits per heavy atom. The minimum absolute atomic E-state index is 0.0390. The largest absolute Gasteiger partial charge is 0.348 e. The third kappa shape index (κ3) is 5.32. The molecule has 0 aromatic heterocycles. The molecule has 2 amide bonds. The molecule has 0 heterocycles. The predicted octanol–water partition coefficient (Wildman–Crippen LogP) is 3.89. The highest BCUT2D eigenvalue weighted by atomic mass is 16.2. The number of rotatable bonds is 6. The van der Waals surface area contributed by atoms with Crippen LogP contribution >= 0.6 is 0 Å². The maximum absolute atomic E-state index is 12.8. The zero-order valence-corrected chi connectivity index (χ0v) is 16.0. The molecule has 1 fully saturated rings. The number of amides is 2. The van der Waals surface area contributed by atoms with Gasteiger partial charge in [0.05, 0.1) is 6.04 Å². The molecule has 1 aliphatic carbocycles. The molecule has 1 saturated carbocycles. The van der Waals surface area contributed by atoms with E-state index in [1.54, 1.807) is 0 Å². The third-order valence-electron chi connectivity index (χ3n) is 5.24. The van der Waals surface area contributed by atoms with Gasteiger partial charge in [-0.25, -0.2) is 0 Å². The molecule has 0 bridgehead atoms. The quantitative estimate of drug-likeness (QED) is 0.822. The summed E-state index contributed by atoms with van der Waals surface area (Å²) in [6.45, 7) is 7.98. The molecule has 2 rings (SSSR count). The Morgan fingerprint density at radius 2 is 1.64 bits per heavy atom. The first-order valence-electron chi connectivity index (χ1n) is 9.56. The minimum Gasteiger partial charge on any atom is -0.348 e. The van der Waals surface area contributed by atoms with E-state index in [4.69, 9.17) is 0 Å². The molecular weight excluding hydrogens is 312 g/mol. The molecule has 0 saturated heterocycles. The third-order valence-corrected chi connectivity index (χ3v) is 5.24. The lowest BCUT2D eigenvalue weighted by molar-refractivity contribution is -0.133. The van der Waals surface area contributed by atoms with Gasteiger partial charge in [0.2, 0.25) is 11.8 Å². The second kappa shape index (κ2) is 9.02. The van der Waals surface area contributed by atoms with E-state index in [1.165, 1.54) is 6.42 Å². The summed E-state index contributed by atoms with van der Waals surface area (Å²) in [5.74, 6) is 0.0557. The Labute approximate surface area is 151 Å². The summed E-state index contributed by atoms with van der Waals surface area (Å²) < 4.78 is 0. The summed E-state index contributed by atoms with van der Waals surface area (Å²) >= 11 is 0. The molecule has 0 aliphatic heterocycles. The van der Waals surface area contributed by atoms with Crippen LogP contribution in [-0.2, 0) is 9.59 Å². The topological polar surface area (TPSA) is 58.2 Å². The first-order valence-corrected chi connectivity index (χ1v) is 9.56. The average molecular weight is 344 g/mol. The Balaban J connectivity index is 2.00. The second-order valence-electron chi connectivity index (χ2n) is 7.65. The van der Waals surface area contributed by atoms with Gasteiger partial charge >= 0.3 is 0 Å². The van der Waals surface area contributed by atoms with Gasteiger partial charge in [-0.15, -0.1) is 0 Å². The van der Waals surface area contributed by atoms with Crippen LogP contribution in [0, 0.1) is 18.8 Å². The van der Waals surface area contributed by atoms with E-state index in [2.05, 4.69) is 10.6 Å². The van der Waals surface area contributed by atoms with Crippen molar-refractivity contribution in [2.45, 2.75) is 71.9 Å². The van der Waals surface area contributed by atoms with Gasteiger partial charge in [0.15, 0.2) is 0 Å². The summed E-state index contributed by atoms with van der Waals surface area (Å²) in [5, 5.41) is 6.08. The van der Waals surface area contributed by atoms with Crippen molar-refractivity contribution in [3.8, 4) is 0 Å². The number of carbonyl (C=O) groups is 2. The van der Waals surface area contributed by atoms with Crippen LogP contribution in [0.3, 0.4) is 0 Å². The lowest BCUT2D eigenvalue weighted by atomic mass is 9.88. The van der Waals surface area contributed by atoms with Crippen LogP contribution in [0.4, 0.5) is 0 Å². The summed E-state index contributed by atoms with van der Waals surface area (Å²) in [5.41, 5.74) is 2.26. The Morgan fingerprint density at radius 1 is 1.00 bits per heavy atom. The summed E-state index contributed by atoms with van der Waals surface area (Å²) in [4.78, 5) is 25.3. The van der Waals surface area contributed by atoms with E-state index >= 15 is 0 Å². The Bertz CT molecular complexity index is 591. The number of nitrogens with one attached hydrogen (secondary N) is 2. The number of aryl methyl sites for hydroxylation is 1. The number of hydrogen-bond acceptors (Lipinski definition) is 2. The highest BCUT2D eigenvalue weighted by Crippen LogP contribution is 2.24. The molecule has 2 N–H and O–H groups in total. The fourth-order valence-electron chi connectivity index (χ4n) is 3.62. The molecule has 138 valence electrons. The van der Waals surface area contributed by atoms with E-state index < -0.39 is 6.04 Å². The van der Waals surface area contributed by atoms with Gasteiger partial charge in [-0.3, -0.25) is 9.59 Å². The monoisotopic (exact) mass is 344 g/mol. The predicted molar refractivity (Wildman–Crippen MR) is 101 cm³/mol. The Hall–Kier alpha value is -1.84. The van der Waals surface area contributed by atoms with Crippen molar-refractivity contribution in [3.63, 3.8) is 0 Å². The molecule has 1 aliphatic rings. The lowest BCUT2D eigenvalue weighted by Gasteiger charge is -2.28. The maximum atomic E-state index is 12.8. The van der Waals surface area contributed by atoms with Gasteiger partial charge in [0, 0.05) is 5.92 Å². The van der Waals surface area contributed by atoms with Crippen molar-refractivity contribution in [3.05, 3.63) is 35.4 Å². The van der Waals surface area contributed by atoms with Crippen molar-refractivity contribution in [1.82, 2.24) is 10.6 Å². The number of hydrogen-bond donors (Lipinski definition) is 2. The van der Waals surface area contributed by atoms with Crippen LogP contribution < -0.4 is 10.6 Å². The maximum Gasteiger partial charge on any atom is 0.243 e. The summed E-state index contributed by atoms with van der Waals surface area (Å²) in [6.07, 6.45) is 5.32. The van der Waals surface area contributed by atoms with E-state index in [-0.39, 0.29) is 29.7 Å². The zero-order chi connectivity index (χ0) is 18.4. The number of benzene rings is 1. The molecule has 2 atom stereocenters. The van der Waals surface area contributed by atoms with Crippen LogP contribution in [0.15, 0.2) is 24.3 Å². The van der Waals surface area contributed by atoms with Gasteiger partial charge in [-0.1, -0.05) is 57.4 Å². The van der Waals surface area contributed by atoms with Crippen LogP contribution in [0.2, 0.25) is 0 Å². The van der Waals surface area contributed by atoms with Gasteiger partial charge in [-0.2, -0.15) is 0 Å². The highest BCUT2D eigenvalue weighted by molar-refractivity contribution is 5.89. The van der Waals surface area contributed by atoms with Crippen molar-refractivity contribution >= 4 is 11.8 Å². The smallest absolute Gasteiger partial charge is 0.243 e. The molecule has 0 radical (unpaired) electrons. The standard InChI is InChI=1S/C21H32N2O2/c1-14(2)19(23-20(24)17-11-6-5-7-12-17)21(25)22-16(4)18-13-9-8-10-15(18)3/h8-10,13-14,16-17,19H,5-7,11-12H2,1-4H3,(H,22,25)(H,23,24). The molecule has 1 aromatic carbocycles. The molecule has 1 aromatic rings. The molecule has 4 nitrogen and oxygen atoms in total.